The number of nitrogens with one attached hydrogen (secondary N) is 1. The average molecular weight is 298 g/mol. The molecular weight excluding hydrogens is 290 g/mol. The summed E-state index contributed by atoms with van der Waals surface area (Å²) in [7, 11) is 0. The predicted molar refractivity (Wildman–Crippen MR) is 76.5 cm³/mol. The molecule has 0 aliphatic heterocycles. The second kappa shape index (κ2) is 4.45. The first-order valence-corrected chi connectivity index (χ1v) is 6.47. The molecule has 0 atom stereocenters. The molecule has 0 amide bonds. The standard InChI is InChI=1S/C15H8F2N4O/c16-9-6-4-8(5-7-9)13-19-14-10-2-1-3-11(17)12(10)18-15(22)21(14)20-13/h1-7H,(H,18,22). The topological polar surface area (TPSA) is 63.0 Å². The highest BCUT2D eigenvalue weighted by molar-refractivity contribution is 5.91. The minimum absolute atomic E-state index is 0.0815. The highest BCUT2D eigenvalue weighted by atomic mass is 19.1. The third-order valence-corrected chi connectivity index (χ3v) is 3.39. The van der Waals surface area contributed by atoms with Gasteiger partial charge in [-0.2, -0.15) is 4.52 Å². The zero-order chi connectivity index (χ0) is 15.3. The highest BCUT2D eigenvalue weighted by Crippen LogP contribution is 2.21. The number of H-pyrrole nitrogens is 1. The summed E-state index contributed by atoms with van der Waals surface area (Å²) in [5.74, 6) is -0.649. The van der Waals surface area contributed by atoms with Crippen LogP contribution < -0.4 is 5.69 Å². The van der Waals surface area contributed by atoms with Gasteiger partial charge in [-0.25, -0.2) is 18.6 Å². The fraction of sp³-hybridized carbons (Fsp3) is 0. The Morgan fingerprint density at radius 1 is 1.05 bits per heavy atom. The van der Waals surface area contributed by atoms with Crippen molar-refractivity contribution in [3.05, 3.63) is 64.6 Å². The minimum Gasteiger partial charge on any atom is -0.303 e. The van der Waals surface area contributed by atoms with Crippen molar-refractivity contribution >= 4 is 16.6 Å². The van der Waals surface area contributed by atoms with Crippen molar-refractivity contribution in [2.75, 3.05) is 0 Å². The van der Waals surface area contributed by atoms with Crippen molar-refractivity contribution in [3.63, 3.8) is 0 Å². The largest absolute Gasteiger partial charge is 0.348 e. The lowest BCUT2D eigenvalue weighted by Gasteiger charge is -1.99. The number of hydrogen-bond acceptors (Lipinski definition) is 3. The zero-order valence-corrected chi connectivity index (χ0v) is 11.0. The van der Waals surface area contributed by atoms with Crippen LogP contribution in [0.25, 0.3) is 27.9 Å². The van der Waals surface area contributed by atoms with E-state index in [-0.39, 0.29) is 22.8 Å². The summed E-state index contributed by atoms with van der Waals surface area (Å²) in [5.41, 5.74) is 0.304. The van der Waals surface area contributed by atoms with E-state index in [1.54, 1.807) is 6.07 Å². The normalized spacial score (nSPS) is 11.4. The van der Waals surface area contributed by atoms with Crippen molar-refractivity contribution in [3.8, 4) is 11.4 Å². The summed E-state index contributed by atoms with van der Waals surface area (Å²) in [5, 5.41) is 4.55. The van der Waals surface area contributed by atoms with E-state index in [9.17, 15) is 13.6 Å². The van der Waals surface area contributed by atoms with Crippen LogP contribution in [0, 0.1) is 11.6 Å². The number of aromatic amines is 1. The van der Waals surface area contributed by atoms with E-state index in [0.717, 1.165) is 4.52 Å². The van der Waals surface area contributed by atoms with Crippen molar-refractivity contribution in [2.45, 2.75) is 0 Å². The molecule has 0 radical (unpaired) electrons. The fourth-order valence-electron chi connectivity index (χ4n) is 2.35. The number of para-hydroxylation sites is 1. The lowest BCUT2D eigenvalue weighted by molar-refractivity contribution is 0.628. The van der Waals surface area contributed by atoms with E-state index >= 15 is 0 Å². The summed E-state index contributed by atoms with van der Waals surface area (Å²) < 4.78 is 27.8. The fourth-order valence-corrected chi connectivity index (χ4v) is 2.35. The number of hydrogen-bond donors (Lipinski definition) is 1. The Hall–Kier alpha value is -3.09. The van der Waals surface area contributed by atoms with Crippen LogP contribution in [0.1, 0.15) is 0 Å². The Morgan fingerprint density at radius 3 is 2.59 bits per heavy atom. The summed E-state index contributed by atoms with van der Waals surface area (Å²) in [6.45, 7) is 0. The maximum absolute atomic E-state index is 13.8. The third-order valence-electron chi connectivity index (χ3n) is 3.39. The Labute approximate surface area is 121 Å². The van der Waals surface area contributed by atoms with Crippen LogP contribution in [-0.2, 0) is 0 Å². The molecule has 2 aromatic heterocycles. The summed E-state index contributed by atoms with van der Waals surface area (Å²) in [6, 6.07) is 10.0. The molecule has 7 heteroatoms. The van der Waals surface area contributed by atoms with Crippen molar-refractivity contribution in [1.29, 1.82) is 0 Å². The summed E-state index contributed by atoms with van der Waals surface area (Å²) >= 11 is 0. The van der Waals surface area contributed by atoms with Crippen LogP contribution in [0.15, 0.2) is 47.3 Å². The maximum Gasteiger partial charge on any atom is 0.348 e. The minimum atomic E-state index is -0.589. The second-order valence-electron chi connectivity index (χ2n) is 4.77. The Kier molecular flexibility index (Phi) is 2.56. The molecule has 22 heavy (non-hydrogen) atoms. The van der Waals surface area contributed by atoms with Crippen molar-refractivity contribution in [1.82, 2.24) is 19.6 Å². The summed E-state index contributed by atoms with van der Waals surface area (Å²) in [6.07, 6.45) is 0. The molecule has 0 saturated heterocycles. The molecule has 0 unspecified atom stereocenters. The predicted octanol–water partition coefficient (Wildman–Crippen LogP) is 2.52. The lowest BCUT2D eigenvalue weighted by atomic mass is 10.2. The van der Waals surface area contributed by atoms with Crippen LogP contribution in [0.2, 0.25) is 0 Å². The van der Waals surface area contributed by atoms with E-state index < -0.39 is 11.5 Å². The van der Waals surface area contributed by atoms with Crippen LogP contribution in [0.4, 0.5) is 8.78 Å². The van der Waals surface area contributed by atoms with E-state index in [2.05, 4.69) is 15.1 Å². The molecule has 0 bridgehead atoms. The molecule has 4 rings (SSSR count). The zero-order valence-electron chi connectivity index (χ0n) is 11.0. The number of halogens is 2. The SMILES string of the molecule is O=c1[nH]c2c(F)cccc2c2nc(-c3ccc(F)cc3)nn12. The molecule has 0 aliphatic carbocycles. The molecule has 0 saturated carbocycles. The van der Waals surface area contributed by atoms with E-state index in [1.807, 2.05) is 0 Å². The molecule has 0 aliphatic rings. The monoisotopic (exact) mass is 298 g/mol. The van der Waals surface area contributed by atoms with E-state index in [4.69, 9.17) is 0 Å². The van der Waals surface area contributed by atoms with Gasteiger partial charge in [0, 0.05) is 10.9 Å². The number of nitrogens with zero attached hydrogens (tertiary/aromatic N) is 3. The van der Waals surface area contributed by atoms with Gasteiger partial charge in [-0.15, -0.1) is 5.10 Å². The smallest absolute Gasteiger partial charge is 0.303 e. The number of rotatable bonds is 1. The molecular formula is C15H8F2N4O. The molecule has 0 spiro atoms. The second-order valence-corrected chi connectivity index (χ2v) is 4.77. The molecule has 0 fully saturated rings. The van der Waals surface area contributed by atoms with Gasteiger partial charge in [-0.05, 0) is 36.4 Å². The summed E-state index contributed by atoms with van der Waals surface area (Å²) in [4.78, 5) is 18.8. The Balaban J connectivity index is 2.07. The van der Waals surface area contributed by atoms with Crippen molar-refractivity contribution in [2.24, 2.45) is 0 Å². The maximum atomic E-state index is 13.8. The average Bonchev–Trinajstić information content (AvgIpc) is 2.95. The first kappa shape index (κ1) is 12.6. The lowest BCUT2D eigenvalue weighted by Crippen LogP contribution is -2.17. The van der Waals surface area contributed by atoms with Crippen LogP contribution >= 0.6 is 0 Å². The molecule has 2 heterocycles. The third kappa shape index (κ3) is 1.79. The van der Waals surface area contributed by atoms with Gasteiger partial charge in [0.1, 0.15) is 11.6 Å². The molecule has 2 aromatic carbocycles. The van der Waals surface area contributed by atoms with Gasteiger partial charge in [-0.1, -0.05) is 6.07 Å². The molecule has 5 nitrogen and oxygen atoms in total. The van der Waals surface area contributed by atoms with Gasteiger partial charge >= 0.3 is 5.69 Å². The number of fused-ring (bicyclic) bond motifs is 3. The Morgan fingerprint density at radius 2 is 1.82 bits per heavy atom. The van der Waals surface area contributed by atoms with Gasteiger partial charge < -0.3 is 4.98 Å². The van der Waals surface area contributed by atoms with Gasteiger partial charge in [0.05, 0.1) is 5.52 Å². The van der Waals surface area contributed by atoms with Crippen LogP contribution in [0.5, 0.6) is 0 Å². The van der Waals surface area contributed by atoms with Gasteiger partial charge in [0.25, 0.3) is 0 Å². The molecule has 1 N–H and O–H groups in total. The van der Waals surface area contributed by atoms with E-state index in [0.29, 0.717) is 10.9 Å². The van der Waals surface area contributed by atoms with E-state index in [1.165, 1.54) is 36.4 Å². The number of aromatic nitrogens is 4. The molecule has 108 valence electrons. The molecule has 4 aromatic rings. The first-order valence-electron chi connectivity index (χ1n) is 6.47. The van der Waals surface area contributed by atoms with Gasteiger partial charge in [-0.3, -0.25) is 0 Å². The van der Waals surface area contributed by atoms with Crippen LogP contribution in [0.3, 0.4) is 0 Å². The van der Waals surface area contributed by atoms with Gasteiger partial charge in [0.15, 0.2) is 11.5 Å². The highest BCUT2D eigenvalue weighted by Gasteiger charge is 2.13. The van der Waals surface area contributed by atoms with Gasteiger partial charge in [0.2, 0.25) is 0 Å². The van der Waals surface area contributed by atoms with Crippen LogP contribution in [-0.4, -0.2) is 19.6 Å². The van der Waals surface area contributed by atoms with Crippen molar-refractivity contribution < 1.29 is 8.78 Å². The Bertz CT molecular complexity index is 1070. The first-order chi connectivity index (χ1) is 10.6. The number of benzene rings is 2. The quantitative estimate of drug-likeness (QED) is 0.587.